The maximum absolute atomic E-state index is 13.2. The van der Waals surface area contributed by atoms with E-state index in [0.717, 1.165) is 11.1 Å². The van der Waals surface area contributed by atoms with Crippen molar-refractivity contribution in [3.8, 4) is 22.6 Å². The van der Waals surface area contributed by atoms with E-state index in [-0.39, 0.29) is 24.8 Å². The second-order valence-electron chi connectivity index (χ2n) is 7.24. The number of rotatable bonds is 7. The van der Waals surface area contributed by atoms with Crippen LogP contribution in [0, 0.1) is 0 Å². The second-order valence-corrected chi connectivity index (χ2v) is 7.24. The molecule has 2 amide bonds. The van der Waals surface area contributed by atoms with Gasteiger partial charge in [-0.2, -0.15) is 5.10 Å². The van der Waals surface area contributed by atoms with Crippen molar-refractivity contribution in [2.75, 3.05) is 32.0 Å². The van der Waals surface area contributed by atoms with Gasteiger partial charge < -0.3 is 24.8 Å². The Morgan fingerprint density at radius 1 is 1.16 bits per heavy atom. The molecule has 0 saturated carbocycles. The molecular weight excluding hydrogens is 412 g/mol. The molecule has 166 valence electrons. The quantitative estimate of drug-likeness (QED) is 0.589. The van der Waals surface area contributed by atoms with Crippen molar-refractivity contribution in [2.45, 2.75) is 19.1 Å². The monoisotopic (exact) mass is 436 g/mol. The van der Waals surface area contributed by atoms with Crippen molar-refractivity contribution in [3.63, 3.8) is 0 Å². The number of benzene rings is 2. The third-order valence-electron chi connectivity index (χ3n) is 5.23. The summed E-state index contributed by atoms with van der Waals surface area (Å²) in [6.07, 6.45) is -0.0420. The Morgan fingerprint density at radius 2 is 1.94 bits per heavy atom. The number of hydrogen-bond acceptors (Lipinski definition) is 6. The van der Waals surface area contributed by atoms with E-state index in [1.807, 2.05) is 30.3 Å². The van der Waals surface area contributed by atoms with E-state index in [1.54, 1.807) is 37.1 Å². The van der Waals surface area contributed by atoms with Gasteiger partial charge in [0.1, 0.15) is 23.4 Å². The van der Waals surface area contributed by atoms with Crippen molar-refractivity contribution in [2.24, 2.45) is 0 Å². The van der Waals surface area contributed by atoms with Crippen LogP contribution in [0.2, 0.25) is 0 Å². The highest BCUT2D eigenvalue weighted by Gasteiger charge is 2.35. The molecule has 4 rings (SSSR count). The number of methoxy groups -OCH3 is 3. The van der Waals surface area contributed by atoms with Crippen LogP contribution < -0.4 is 20.1 Å². The number of anilines is 2. The molecule has 0 radical (unpaired) electrons. The van der Waals surface area contributed by atoms with Crippen LogP contribution >= 0.6 is 0 Å². The van der Waals surface area contributed by atoms with Gasteiger partial charge in [0.2, 0.25) is 11.8 Å². The third-order valence-corrected chi connectivity index (χ3v) is 5.23. The summed E-state index contributed by atoms with van der Waals surface area (Å²) in [5.74, 6) is 0.879. The molecule has 0 bridgehead atoms. The molecule has 9 nitrogen and oxygen atoms in total. The number of nitrogens with zero attached hydrogens (tertiary/aromatic N) is 2. The van der Waals surface area contributed by atoms with Crippen LogP contribution in [0.4, 0.5) is 11.5 Å². The van der Waals surface area contributed by atoms with Gasteiger partial charge in [0, 0.05) is 18.7 Å². The van der Waals surface area contributed by atoms with Gasteiger partial charge in [-0.25, -0.2) is 4.68 Å². The first-order chi connectivity index (χ1) is 15.5. The van der Waals surface area contributed by atoms with E-state index in [0.29, 0.717) is 28.7 Å². The number of carbonyl (C=O) groups is 2. The molecule has 2 heterocycles. The fourth-order valence-corrected chi connectivity index (χ4v) is 3.74. The number of carbonyl (C=O) groups excluding carboxylic acids is 2. The van der Waals surface area contributed by atoms with Gasteiger partial charge in [-0.15, -0.1) is 0 Å². The van der Waals surface area contributed by atoms with E-state index in [1.165, 1.54) is 7.11 Å². The minimum Gasteiger partial charge on any atom is -0.497 e. The summed E-state index contributed by atoms with van der Waals surface area (Å²) in [7, 11) is 4.63. The Balaban J connectivity index is 1.72. The molecule has 0 fully saturated rings. The number of nitrogens with one attached hydrogen (secondary N) is 2. The molecule has 9 heteroatoms. The number of amides is 2. The lowest BCUT2D eigenvalue weighted by atomic mass is 10.0. The van der Waals surface area contributed by atoms with E-state index in [9.17, 15) is 9.59 Å². The highest BCUT2D eigenvalue weighted by Crippen LogP contribution is 2.38. The lowest BCUT2D eigenvalue weighted by Gasteiger charge is -2.25. The summed E-state index contributed by atoms with van der Waals surface area (Å²) < 4.78 is 17.4. The van der Waals surface area contributed by atoms with Crippen molar-refractivity contribution >= 4 is 23.3 Å². The van der Waals surface area contributed by atoms with Gasteiger partial charge in [-0.05, 0) is 17.7 Å². The normalized spacial score (nSPS) is 15.0. The van der Waals surface area contributed by atoms with Gasteiger partial charge in [-0.1, -0.05) is 30.3 Å². The van der Waals surface area contributed by atoms with Gasteiger partial charge in [0.15, 0.2) is 0 Å². The Labute approximate surface area is 185 Å². The lowest BCUT2D eigenvalue weighted by molar-refractivity contribution is -0.125. The smallest absolute Gasteiger partial charge is 0.249 e. The Morgan fingerprint density at radius 3 is 2.62 bits per heavy atom. The summed E-state index contributed by atoms with van der Waals surface area (Å²) in [4.78, 5) is 25.8. The van der Waals surface area contributed by atoms with Crippen LogP contribution in [-0.2, 0) is 20.9 Å². The summed E-state index contributed by atoms with van der Waals surface area (Å²) in [6.45, 7) is 0.237. The van der Waals surface area contributed by atoms with Crippen LogP contribution in [-0.4, -0.2) is 42.9 Å². The van der Waals surface area contributed by atoms with Gasteiger partial charge in [-0.3, -0.25) is 9.59 Å². The lowest BCUT2D eigenvalue weighted by Crippen LogP contribution is -2.36. The third kappa shape index (κ3) is 4.02. The van der Waals surface area contributed by atoms with E-state index >= 15 is 0 Å². The molecule has 2 aromatic carbocycles. The number of fused-ring (bicyclic) bond motifs is 1. The van der Waals surface area contributed by atoms with Crippen LogP contribution in [0.5, 0.6) is 11.5 Å². The first kappa shape index (κ1) is 21.4. The molecule has 0 saturated heterocycles. The molecular formula is C23H24N4O5. The molecule has 0 spiro atoms. The largest absolute Gasteiger partial charge is 0.497 e. The number of aromatic nitrogens is 2. The average Bonchev–Trinajstić information content (AvgIpc) is 3.17. The molecule has 2 N–H and O–H groups in total. The Kier molecular flexibility index (Phi) is 6.09. The van der Waals surface area contributed by atoms with Gasteiger partial charge in [0.05, 0.1) is 38.6 Å². The molecule has 3 aromatic rings. The molecule has 1 atom stereocenters. The molecule has 1 unspecified atom stereocenters. The van der Waals surface area contributed by atoms with Crippen molar-refractivity contribution in [1.29, 1.82) is 0 Å². The van der Waals surface area contributed by atoms with E-state index in [4.69, 9.17) is 14.2 Å². The SMILES string of the molecule is COCc1nn2c(c1-c1ccccc1)NC(=O)CC2C(=O)Nc1ccc(OC)cc1OC. The molecule has 1 aromatic heterocycles. The zero-order valence-electron chi connectivity index (χ0n) is 18.0. The maximum Gasteiger partial charge on any atom is 0.249 e. The fourth-order valence-electron chi connectivity index (χ4n) is 3.74. The zero-order valence-corrected chi connectivity index (χ0v) is 18.0. The summed E-state index contributed by atoms with van der Waals surface area (Å²) in [5.41, 5.74) is 2.72. The fraction of sp³-hybridized carbons (Fsp3) is 0.261. The van der Waals surface area contributed by atoms with E-state index < -0.39 is 6.04 Å². The first-order valence-corrected chi connectivity index (χ1v) is 10.0. The van der Waals surface area contributed by atoms with Crippen LogP contribution in [0.1, 0.15) is 18.2 Å². The maximum atomic E-state index is 13.2. The van der Waals surface area contributed by atoms with Crippen molar-refractivity contribution < 1.29 is 23.8 Å². The van der Waals surface area contributed by atoms with Gasteiger partial charge in [0.25, 0.3) is 0 Å². The minimum atomic E-state index is -0.835. The van der Waals surface area contributed by atoms with Crippen molar-refractivity contribution in [3.05, 3.63) is 54.2 Å². The second kappa shape index (κ2) is 9.11. The predicted octanol–water partition coefficient (Wildman–Crippen LogP) is 3.24. The summed E-state index contributed by atoms with van der Waals surface area (Å²) in [6, 6.07) is 13.8. The topological polar surface area (TPSA) is 104 Å². The molecule has 0 aliphatic carbocycles. The molecule has 1 aliphatic heterocycles. The van der Waals surface area contributed by atoms with Crippen LogP contribution in [0.3, 0.4) is 0 Å². The van der Waals surface area contributed by atoms with Crippen molar-refractivity contribution in [1.82, 2.24) is 9.78 Å². The highest BCUT2D eigenvalue weighted by molar-refractivity contribution is 6.03. The standard InChI is InChI=1S/C23H24N4O5/c1-30-13-17-21(14-7-5-4-6-8-14)22-25-20(28)12-18(27(22)26-17)23(29)24-16-10-9-15(31-2)11-19(16)32-3/h4-11,18H,12-13H2,1-3H3,(H,24,29)(H,25,28). The highest BCUT2D eigenvalue weighted by atomic mass is 16.5. The van der Waals surface area contributed by atoms with Crippen LogP contribution in [0.25, 0.3) is 11.1 Å². The first-order valence-electron chi connectivity index (χ1n) is 10.0. The molecule has 32 heavy (non-hydrogen) atoms. The average molecular weight is 436 g/mol. The Bertz CT molecular complexity index is 1140. The minimum absolute atomic E-state index is 0.0420. The summed E-state index contributed by atoms with van der Waals surface area (Å²) in [5, 5.41) is 10.4. The van der Waals surface area contributed by atoms with E-state index in [2.05, 4.69) is 15.7 Å². The number of ether oxygens (including phenoxy) is 3. The Hall–Kier alpha value is -3.85. The zero-order chi connectivity index (χ0) is 22.7. The van der Waals surface area contributed by atoms with Gasteiger partial charge >= 0.3 is 0 Å². The predicted molar refractivity (Wildman–Crippen MR) is 119 cm³/mol. The van der Waals surface area contributed by atoms with Crippen LogP contribution in [0.15, 0.2) is 48.5 Å². The molecule has 1 aliphatic rings. The summed E-state index contributed by atoms with van der Waals surface area (Å²) >= 11 is 0. The number of hydrogen-bond donors (Lipinski definition) is 2.